The Morgan fingerprint density at radius 1 is 1.36 bits per heavy atom. The highest BCUT2D eigenvalue weighted by molar-refractivity contribution is 9.11. The Morgan fingerprint density at radius 3 is 2.86 bits per heavy atom. The van der Waals surface area contributed by atoms with Gasteiger partial charge in [-0.2, -0.15) is 4.98 Å². The smallest absolute Gasteiger partial charge is 0.316 e. The number of halogens is 1. The van der Waals surface area contributed by atoms with Crippen LogP contribution < -0.4 is 4.74 Å². The van der Waals surface area contributed by atoms with Gasteiger partial charge in [0.25, 0.3) is 0 Å². The molecule has 2 aromatic rings. The molecule has 2 aromatic heterocycles. The summed E-state index contributed by atoms with van der Waals surface area (Å²) in [4.78, 5) is 9.28. The molecule has 0 N–H and O–H groups in total. The highest BCUT2D eigenvalue weighted by Gasteiger charge is 2.04. The van der Waals surface area contributed by atoms with Crippen LogP contribution in [0.3, 0.4) is 0 Å². The maximum Gasteiger partial charge on any atom is 0.316 e. The summed E-state index contributed by atoms with van der Waals surface area (Å²) in [6.07, 6.45) is 1.69. The Morgan fingerprint density at radius 2 is 2.21 bits per heavy atom. The van der Waals surface area contributed by atoms with E-state index >= 15 is 0 Å². The molecule has 2 rings (SSSR count). The molecule has 5 heteroatoms. The molecule has 0 radical (unpaired) electrons. The molecule has 0 aliphatic heterocycles. The lowest BCUT2D eigenvalue weighted by atomic mass is 10.3. The number of thiophene rings is 1. The Bertz CT molecular complexity index is 444. The predicted molar refractivity (Wildman–Crippen MR) is 59.6 cm³/mol. The zero-order chi connectivity index (χ0) is 9.97. The SMILES string of the molecule is COc1nccc(-c2ccc(Br)s2)n1. The van der Waals surface area contributed by atoms with E-state index in [-0.39, 0.29) is 0 Å². The lowest BCUT2D eigenvalue weighted by Gasteiger charge is -1.98. The first-order valence-electron chi connectivity index (χ1n) is 3.92. The largest absolute Gasteiger partial charge is 0.467 e. The molecule has 0 atom stereocenters. The fourth-order valence-corrected chi connectivity index (χ4v) is 2.38. The van der Waals surface area contributed by atoms with Gasteiger partial charge in [-0.05, 0) is 34.1 Å². The summed E-state index contributed by atoms with van der Waals surface area (Å²) in [6, 6.07) is 6.26. The third-order valence-electron chi connectivity index (χ3n) is 1.64. The fourth-order valence-electron chi connectivity index (χ4n) is 1.03. The van der Waals surface area contributed by atoms with E-state index in [4.69, 9.17) is 4.74 Å². The number of methoxy groups -OCH3 is 1. The van der Waals surface area contributed by atoms with Crippen LogP contribution >= 0.6 is 27.3 Å². The monoisotopic (exact) mass is 270 g/mol. The molecular formula is C9H7BrN2OS. The number of nitrogens with zero attached hydrogens (tertiary/aromatic N) is 2. The molecule has 0 aliphatic carbocycles. The van der Waals surface area contributed by atoms with E-state index in [0.717, 1.165) is 14.4 Å². The summed E-state index contributed by atoms with van der Waals surface area (Å²) in [7, 11) is 1.56. The molecule has 0 bridgehead atoms. The Kier molecular flexibility index (Phi) is 2.79. The van der Waals surface area contributed by atoms with Crippen molar-refractivity contribution in [3.8, 4) is 16.6 Å². The number of ether oxygens (including phenoxy) is 1. The molecule has 0 unspecified atom stereocenters. The second-order valence-electron chi connectivity index (χ2n) is 2.53. The van der Waals surface area contributed by atoms with Gasteiger partial charge >= 0.3 is 6.01 Å². The summed E-state index contributed by atoms with van der Waals surface area (Å²) in [6.45, 7) is 0. The molecule has 14 heavy (non-hydrogen) atoms. The van der Waals surface area contributed by atoms with Crippen LogP contribution in [0, 0.1) is 0 Å². The van der Waals surface area contributed by atoms with Gasteiger partial charge in [0.1, 0.15) is 0 Å². The van der Waals surface area contributed by atoms with E-state index in [1.54, 1.807) is 24.6 Å². The van der Waals surface area contributed by atoms with Gasteiger partial charge in [-0.3, -0.25) is 0 Å². The molecule has 72 valence electrons. The fraction of sp³-hybridized carbons (Fsp3) is 0.111. The molecule has 0 amide bonds. The van der Waals surface area contributed by atoms with Gasteiger partial charge in [-0.1, -0.05) is 0 Å². The van der Waals surface area contributed by atoms with Crippen LogP contribution in [0.15, 0.2) is 28.2 Å². The molecule has 2 heterocycles. The first-order valence-corrected chi connectivity index (χ1v) is 5.53. The average Bonchev–Trinajstić information content (AvgIpc) is 2.65. The van der Waals surface area contributed by atoms with Crippen molar-refractivity contribution in [2.24, 2.45) is 0 Å². The average molecular weight is 271 g/mol. The number of rotatable bonds is 2. The second-order valence-corrected chi connectivity index (χ2v) is 5.00. The number of aromatic nitrogens is 2. The highest BCUT2D eigenvalue weighted by Crippen LogP contribution is 2.30. The van der Waals surface area contributed by atoms with Crippen molar-refractivity contribution >= 4 is 27.3 Å². The lowest BCUT2D eigenvalue weighted by Crippen LogP contribution is -1.91. The topological polar surface area (TPSA) is 35.0 Å². The van der Waals surface area contributed by atoms with Gasteiger partial charge in [0.2, 0.25) is 0 Å². The van der Waals surface area contributed by atoms with Crippen LogP contribution in [0.1, 0.15) is 0 Å². The van der Waals surface area contributed by atoms with Crippen LogP contribution in [-0.4, -0.2) is 17.1 Å². The first-order chi connectivity index (χ1) is 6.79. The molecule has 0 aliphatic rings. The van der Waals surface area contributed by atoms with Crippen LogP contribution in [0.4, 0.5) is 0 Å². The van der Waals surface area contributed by atoms with Gasteiger partial charge in [0, 0.05) is 6.20 Å². The highest BCUT2D eigenvalue weighted by atomic mass is 79.9. The van der Waals surface area contributed by atoms with Gasteiger partial charge < -0.3 is 4.74 Å². The van der Waals surface area contributed by atoms with Crippen LogP contribution in [0.5, 0.6) is 6.01 Å². The molecule has 0 aromatic carbocycles. The summed E-state index contributed by atoms with van der Waals surface area (Å²) < 4.78 is 6.04. The van der Waals surface area contributed by atoms with E-state index in [9.17, 15) is 0 Å². The molecule has 0 spiro atoms. The van der Waals surface area contributed by atoms with Crippen LogP contribution in [0.25, 0.3) is 10.6 Å². The lowest BCUT2D eigenvalue weighted by molar-refractivity contribution is 0.380. The van der Waals surface area contributed by atoms with Gasteiger partial charge in [-0.25, -0.2) is 4.98 Å². The molecule has 0 fully saturated rings. The van der Waals surface area contributed by atoms with Crippen molar-refractivity contribution in [2.75, 3.05) is 7.11 Å². The number of hydrogen-bond acceptors (Lipinski definition) is 4. The minimum absolute atomic E-state index is 0.395. The van der Waals surface area contributed by atoms with E-state index in [0.29, 0.717) is 6.01 Å². The van der Waals surface area contributed by atoms with E-state index in [1.807, 2.05) is 18.2 Å². The van der Waals surface area contributed by atoms with Crippen molar-refractivity contribution in [3.63, 3.8) is 0 Å². The molecule has 0 saturated heterocycles. The zero-order valence-electron chi connectivity index (χ0n) is 7.40. The maximum absolute atomic E-state index is 4.95. The Balaban J connectivity index is 2.41. The summed E-state index contributed by atoms with van der Waals surface area (Å²) >= 11 is 5.04. The summed E-state index contributed by atoms with van der Waals surface area (Å²) in [5.74, 6) is 0. The molecule has 3 nitrogen and oxygen atoms in total. The van der Waals surface area contributed by atoms with Crippen molar-refractivity contribution < 1.29 is 4.74 Å². The van der Waals surface area contributed by atoms with Gasteiger partial charge in [-0.15, -0.1) is 11.3 Å². The van der Waals surface area contributed by atoms with Crippen molar-refractivity contribution in [1.29, 1.82) is 0 Å². The predicted octanol–water partition coefficient (Wildman–Crippen LogP) is 2.98. The Labute approximate surface area is 93.9 Å². The van der Waals surface area contributed by atoms with E-state index in [2.05, 4.69) is 25.9 Å². The van der Waals surface area contributed by atoms with E-state index in [1.165, 1.54) is 0 Å². The second kappa shape index (κ2) is 4.06. The first kappa shape index (κ1) is 9.61. The normalized spacial score (nSPS) is 10.1. The maximum atomic E-state index is 4.95. The van der Waals surface area contributed by atoms with Crippen LogP contribution in [0.2, 0.25) is 0 Å². The quantitative estimate of drug-likeness (QED) is 0.842. The van der Waals surface area contributed by atoms with Crippen molar-refractivity contribution in [2.45, 2.75) is 0 Å². The zero-order valence-corrected chi connectivity index (χ0v) is 9.80. The summed E-state index contributed by atoms with van der Waals surface area (Å²) in [5.41, 5.74) is 0.882. The van der Waals surface area contributed by atoms with Crippen LogP contribution in [-0.2, 0) is 0 Å². The van der Waals surface area contributed by atoms with Crippen molar-refractivity contribution in [1.82, 2.24) is 9.97 Å². The number of hydrogen-bond donors (Lipinski definition) is 0. The van der Waals surface area contributed by atoms with Gasteiger partial charge in [0.05, 0.1) is 21.5 Å². The molecule has 0 saturated carbocycles. The van der Waals surface area contributed by atoms with Gasteiger partial charge in [0.15, 0.2) is 0 Å². The minimum atomic E-state index is 0.395. The molecular weight excluding hydrogens is 264 g/mol. The van der Waals surface area contributed by atoms with Crippen molar-refractivity contribution in [3.05, 3.63) is 28.2 Å². The third-order valence-corrected chi connectivity index (χ3v) is 3.29. The third kappa shape index (κ3) is 1.93. The Hall–Kier alpha value is -0.940. The van der Waals surface area contributed by atoms with E-state index < -0.39 is 0 Å². The minimum Gasteiger partial charge on any atom is -0.467 e. The standard InChI is InChI=1S/C9H7BrN2OS/c1-13-9-11-5-4-6(12-9)7-2-3-8(10)14-7/h2-5H,1H3. The summed E-state index contributed by atoms with van der Waals surface area (Å²) in [5, 5.41) is 0.